The van der Waals surface area contributed by atoms with Gasteiger partial charge in [0.15, 0.2) is 0 Å². The zero-order valence-electron chi connectivity index (χ0n) is 27.2. The number of hydrogen-bond donors (Lipinski definition) is 0. The van der Waals surface area contributed by atoms with Crippen molar-refractivity contribution in [2.75, 3.05) is 13.2 Å². The van der Waals surface area contributed by atoms with E-state index in [1.807, 2.05) is 0 Å². The predicted molar refractivity (Wildman–Crippen MR) is 139 cm³/mol. The molecule has 8 nitrogen and oxygen atoms in total. The Labute approximate surface area is 278 Å². The van der Waals surface area contributed by atoms with Crippen LogP contribution in [0.25, 0.3) is 0 Å². The molecule has 0 radical (unpaired) electrons. The van der Waals surface area contributed by atoms with Crippen LogP contribution in [0.2, 0.25) is 0 Å². The Kier molecular flexibility index (Phi) is 11.6. The Bertz CT molecular complexity index is 1460. The fourth-order valence-electron chi connectivity index (χ4n) is 3.87. The highest BCUT2D eigenvalue weighted by molar-refractivity contribution is 5.98. The number of esters is 2. The quantitative estimate of drug-likeness (QED) is 0.122. The third-order valence-corrected chi connectivity index (χ3v) is 7.33. The van der Waals surface area contributed by atoms with Crippen LogP contribution in [-0.2, 0) is 18.9 Å². The summed E-state index contributed by atoms with van der Waals surface area (Å²) in [7, 11) is 0. The SMILES string of the molecule is CCOC(=O)c1cc(OC(F)(F)C(C)(F)OC(F)(F)C(F)(F)C(C)(F)F)c(C(=O)OCC)cc1OC1OC(F)(C(F)(F)C(C)(F)C(C)(C)F)C1F. The van der Waals surface area contributed by atoms with Crippen molar-refractivity contribution in [3.8, 4) is 11.5 Å². The maximum atomic E-state index is 15.1. The van der Waals surface area contributed by atoms with Gasteiger partial charge in [0.1, 0.15) is 28.3 Å². The first kappa shape index (κ1) is 43.8. The van der Waals surface area contributed by atoms with Gasteiger partial charge in [-0.3, -0.25) is 9.47 Å². The molecule has 1 heterocycles. The van der Waals surface area contributed by atoms with Crippen LogP contribution in [0, 0.1) is 0 Å². The fraction of sp³-hybridized carbons (Fsp3) is 0.714. The summed E-state index contributed by atoms with van der Waals surface area (Å²) in [5, 5.41) is 0. The zero-order chi connectivity index (χ0) is 40.2. The minimum atomic E-state index is -6.67. The van der Waals surface area contributed by atoms with E-state index in [2.05, 4.69) is 23.7 Å². The maximum absolute atomic E-state index is 15.1. The molecule has 294 valence electrons. The Morgan fingerprint density at radius 3 is 1.57 bits per heavy atom. The Morgan fingerprint density at radius 2 is 1.18 bits per heavy atom. The third kappa shape index (κ3) is 7.59. The van der Waals surface area contributed by atoms with Crippen molar-refractivity contribution in [2.24, 2.45) is 0 Å². The van der Waals surface area contributed by atoms with Gasteiger partial charge in [0.05, 0.1) is 13.2 Å². The maximum Gasteiger partial charge on any atom is 0.459 e. The molecule has 5 unspecified atom stereocenters. The predicted octanol–water partition coefficient (Wildman–Crippen LogP) is 8.45. The number of hydrogen-bond acceptors (Lipinski definition) is 8. The first-order valence-electron chi connectivity index (χ1n) is 14.1. The molecular formula is C28H29F15O8. The van der Waals surface area contributed by atoms with Crippen LogP contribution in [0.15, 0.2) is 12.1 Å². The van der Waals surface area contributed by atoms with Gasteiger partial charge in [-0.05, 0) is 46.8 Å². The van der Waals surface area contributed by atoms with E-state index in [1.54, 1.807) is 0 Å². The summed E-state index contributed by atoms with van der Waals surface area (Å²) in [6.07, 6.45) is -19.3. The molecule has 0 amide bonds. The second-order valence-corrected chi connectivity index (χ2v) is 11.6. The minimum absolute atomic E-state index is 0.0516. The van der Waals surface area contributed by atoms with Crippen LogP contribution in [-0.4, -0.2) is 90.6 Å². The molecular weight excluding hydrogens is 749 g/mol. The van der Waals surface area contributed by atoms with Gasteiger partial charge in [-0.25, -0.2) is 31.5 Å². The van der Waals surface area contributed by atoms with Gasteiger partial charge in [0, 0.05) is 13.8 Å². The largest absolute Gasteiger partial charge is 0.462 e. The lowest BCUT2D eigenvalue weighted by Gasteiger charge is -2.51. The van der Waals surface area contributed by atoms with Gasteiger partial charge >= 0.3 is 53.6 Å². The Morgan fingerprint density at radius 1 is 0.745 bits per heavy atom. The number of alkyl halides is 15. The Balaban J connectivity index is 2.65. The van der Waals surface area contributed by atoms with Crippen LogP contribution in [0.4, 0.5) is 65.9 Å². The van der Waals surface area contributed by atoms with Crippen LogP contribution in [0.5, 0.6) is 11.5 Å². The molecule has 2 rings (SSSR count). The second kappa shape index (κ2) is 13.6. The third-order valence-electron chi connectivity index (χ3n) is 7.33. The van der Waals surface area contributed by atoms with Crippen LogP contribution in [0.3, 0.4) is 0 Å². The summed E-state index contributed by atoms with van der Waals surface area (Å²) in [6, 6.07) is 0.0346. The molecule has 1 saturated heterocycles. The molecule has 23 heteroatoms. The standard InChI is InChI=1S/C28H29F15O8/c1-8-46-17(44)12-11-15(49-27(40,41)23(7,34)51-28(42,43)26(38,39)22(6,32)33)13(18(45)47-9-2)10-14(12)48-19-16(29)24(35,50-19)25(36,37)21(5,31)20(3,4)30/h10-11,16,19H,8-9H2,1-7H3. The summed E-state index contributed by atoms with van der Waals surface area (Å²) in [5.74, 6) is -34.9. The first-order valence-corrected chi connectivity index (χ1v) is 14.1. The van der Waals surface area contributed by atoms with Crippen molar-refractivity contribution >= 4 is 11.9 Å². The van der Waals surface area contributed by atoms with E-state index in [-0.39, 0.29) is 32.9 Å². The van der Waals surface area contributed by atoms with E-state index in [0.29, 0.717) is 0 Å². The highest BCUT2D eigenvalue weighted by atomic mass is 19.4. The highest BCUT2D eigenvalue weighted by Crippen LogP contribution is 2.57. The molecule has 0 N–H and O–H groups in total. The summed E-state index contributed by atoms with van der Waals surface area (Å²) in [6.45, 7) is -0.00545. The molecule has 0 bridgehead atoms. The van der Waals surface area contributed by atoms with E-state index in [0.717, 1.165) is 13.8 Å². The van der Waals surface area contributed by atoms with Crippen LogP contribution < -0.4 is 9.47 Å². The lowest BCUT2D eigenvalue weighted by atomic mass is 9.79. The van der Waals surface area contributed by atoms with Gasteiger partial charge in [-0.2, -0.15) is 43.9 Å². The summed E-state index contributed by atoms with van der Waals surface area (Å²) in [5.41, 5.74) is -10.7. The van der Waals surface area contributed by atoms with Gasteiger partial charge in [0.25, 0.3) is 0 Å². The first-order chi connectivity index (χ1) is 22.6. The average molecular weight is 779 g/mol. The summed E-state index contributed by atoms with van der Waals surface area (Å²) >= 11 is 0. The Hall–Kier alpha value is -3.37. The molecule has 0 saturated carbocycles. The molecule has 0 spiro atoms. The van der Waals surface area contributed by atoms with Crippen LogP contribution >= 0.6 is 0 Å². The topological polar surface area (TPSA) is 89.5 Å². The molecule has 1 aliphatic rings. The van der Waals surface area contributed by atoms with E-state index >= 15 is 4.39 Å². The van der Waals surface area contributed by atoms with Crippen molar-refractivity contribution in [2.45, 2.75) is 114 Å². The lowest BCUT2D eigenvalue weighted by molar-refractivity contribution is -0.471. The highest BCUT2D eigenvalue weighted by Gasteiger charge is 2.82. The number of rotatable bonds is 16. The minimum Gasteiger partial charge on any atom is -0.462 e. The van der Waals surface area contributed by atoms with E-state index in [4.69, 9.17) is 4.74 Å². The molecule has 51 heavy (non-hydrogen) atoms. The number of benzene rings is 1. The van der Waals surface area contributed by atoms with Crippen LogP contribution in [0.1, 0.15) is 69.2 Å². The van der Waals surface area contributed by atoms with Crippen molar-refractivity contribution < 1.29 is 104 Å². The number of carbonyl (C=O) groups is 2. The summed E-state index contributed by atoms with van der Waals surface area (Å²) < 4.78 is 240. The van der Waals surface area contributed by atoms with Gasteiger partial charge in [-0.15, -0.1) is 0 Å². The molecule has 1 fully saturated rings. The van der Waals surface area contributed by atoms with Crippen molar-refractivity contribution in [3.05, 3.63) is 23.3 Å². The second-order valence-electron chi connectivity index (χ2n) is 11.6. The van der Waals surface area contributed by atoms with Gasteiger partial charge in [0.2, 0.25) is 18.1 Å². The fourth-order valence-corrected chi connectivity index (χ4v) is 3.87. The summed E-state index contributed by atoms with van der Waals surface area (Å²) in [4.78, 5) is 25.3. The number of carbonyl (C=O) groups excluding carboxylic acids is 2. The molecule has 0 aromatic heterocycles. The van der Waals surface area contributed by atoms with Gasteiger partial charge in [-0.1, -0.05) is 0 Å². The molecule has 1 aromatic carbocycles. The van der Waals surface area contributed by atoms with Crippen molar-refractivity contribution in [3.63, 3.8) is 0 Å². The van der Waals surface area contributed by atoms with E-state index in [9.17, 15) is 71.1 Å². The zero-order valence-corrected chi connectivity index (χ0v) is 27.2. The molecule has 5 atom stereocenters. The monoisotopic (exact) mass is 778 g/mol. The van der Waals surface area contributed by atoms with Crippen molar-refractivity contribution in [1.29, 1.82) is 0 Å². The number of ether oxygens (including phenoxy) is 6. The lowest BCUT2D eigenvalue weighted by Crippen LogP contribution is -2.76. The van der Waals surface area contributed by atoms with E-state index < -0.39 is 127 Å². The van der Waals surface area contributed by atoms with Crippen molar-refractivity contribution in [1.82, 2.24) is 0 Å². The number of halogens is 15. The molecule has 0 aliphatic carbocycles. The molecule has 1 aromatic rings. The normalized spacial score (nSPS) is 23.0. The van der Waals surface area contributed by atoms with E-state index in [1.165, 1.54) is 0 Å². The van der Waals surface area contributed by atoms with Gasteiger partial charge < -0.3 is 18.9 Å². The smallest absolute Gasteiger partial charge is 0.459 e. The molecule has 1 aliphatic heterocycles. The average Bonchev–Trinajstić information content (AvgIpc) is 2.94.